The summed E-state index contributed by atoms with van der Waals surface area (Å²) in [6.45, 7) is 0.331. The zero-order valence-corrected chi connectivity index (χ0v) is 17.6. The Morgan fingerprint density at radius 3 is 1.97 bits per heavy atom. The van der Waals surface area contributed by atoms with Gasteiger partial charge in [-0.2, -0.15) is 5.53 Å². The first-order valence-corrected chi connectivity index (χ1v) is 10.2. The molecule has 0 aliphatic carbocycles. The highest BCUT2D eigenvalue weighted by Crippen LogP contribution is 2.41. The Bertz CT molecular complexity index is 1410. The molecule has 0 aliphatic rings. The van der Waals surface area contributed by atoms with Crippen molar-refractivity contribution in [1.82, 2.24) is 15.0 Å². The summed E-state index contributed by atoms with van der Waals surface area (Å²) < 4.78 is 6.17. The van der Waals surface area contributed by atoms with Crippen LogP contribution in [0, 0.1) is 10.9 Å². The summed E-state index contributed by atoms with van der Waals surface area (Å²) in [7, 11) is 0. The molecule has 10 heteroatoms. The van der Waals surface area contributed by atoms with Crippen molar-refractivity contribution in [3.05, 3.63) is 52.5 Å². The maximum Gasteiger partial charge on any atom is 0.210 e. The number of hydrogen-bond donors (Lipinski definition) is 5. The maximum absolute atomic E-state index is 7.48. The molecule has 0 spiro atoms. The lowest BCUT2D eigenvalue weighted by molar-refractivity contribution is 0.265. The number of H-pyrrole nitrogens is 2. The van der Waals surface area contributed by atoms with Gasteiger partial charge in [-0.15, -0.1) is 0 Å². The second-order valence-electron chi connectivity index (χ2n) is 7.14. The van der Waals surface area contributed by atoms with Crippen molar-refractivity contribution in [2.24, 2.45) is 11.0 Å². The Hall–Kier alpha value is -3.49. The van der Waals surface area contributed by atoms with Crippen LogP contribution < -0.4 is 10.5 Å². The van der Waals surface area contributed by atoms with Crippen molar-refractivity contribution >= 4 is 72.8 Å². The molecule has 0 amide bonds. The molecular formula is C21H17Cl2N7O. The zero-order valence-electron chi connectivity index (χ0n) is 16.1. The fourth-order valence-corrected chi connectivity index (χ4v) is 4.24. The van der Waals surface area contributed by atoms with E-state index in [0.717, 1.165) is 48.6 Å². The van der Waals surface area contributed by atoms with Gasteiger partial charge in [0.2, 0.25) is 5.96 Å². The van der Waals surface area contributed by atoms with E-state index in [-0.39, 0.29) is 19.1 Å². The van der Waals surface area contributed by atoms with Gasteiger partial charge in [-0.25, -0.2) is 5.01 Å². The summed E-state index contributed by atoms with van der Waals surface area (Å²) in [5.74, 6) is 0.308. The number of nitrogens with one attached hydrogen (secondary N) is 4. The maximum atomic E-state index is 7.48. The minimum absolute atomic E-state index is 0.162. The molecule has 6 N–H and O–H groups in total. The molecule has 156 valence electrons. The lowest BCUT2D eigenvalue weighted by atomic mass is 10.1. The predicted octanol–water partition coefficient (Wildman–Crippen LogP) is 5.78. The predicted molar refractivity (Wildman–Crippen MR) is 124 cm³/mol. The largest absolute Gasteiger partial charge is 0.487 e. The first-order valence-electron chi connectivity index (χ1n) is 9.43. The van der Waals surface area contributed by atoms with Gasteiger partial charge in [0.1, 0.15) is 6.61 Å². The molecular weight excluding hydrogens is 437 g/mol. The van der Waals surface area contributed by atoms with E-state index in [1.165, 1.54) is 0 Å². The topological polar surface area (TPSA) is 130 Å². The molecule has 0 unspecified atom stereocenters. The molecule has 2 heterocycles. The van der Waals surface area contributed by atoms with Gasteiger partial charge >= 0.3 is 0 Å². The Morgan fingerprint density at radius 1 is 0.935 bits per heavy atom. The molecule has 31 heavy (non-hydrogen) atoms. The van der Waals surface area contributed by atoms with Gasteiger partial charge in [-0.1, -0.05) is 28.4 Å². The standard InChI is InChI=1S/C21H17Cl2N7O/c22-10-1-3-16-12(7-10)14-9-15-13-8-11(23)2-4-17(13)28-19(15)20(18(14)27-16)31-6-5-30(29-26)21(24)25/h1-4,7-9,26-28H,5-6H2,(H3,24,25). The third-order valence-corrected chi connectivity index (χ3v) is 5.76. The van der Waals surface area contributed by atoms with E-state index in [0.29, 0.717) is 15.8 Å². The number of nitrogens with zero attached hydrogens (tertiary/aromatic N) is 2. The molecule has 0 saturated heterocycles. The number of rotatable bonds is 5. The quantitative estimate of drug-likeness (QED) is 0.0998. The van der Waals surface area contributed by atoms with Gasteiger partial charge in [0.25, 0.3) is 0 Å². The van der Waals surface area contributed by atoms with Crippen LogP contribution in [0.3, 0.4) is 0 Å². The first kappa shape index (κ1) is 19.5. The molecule has 0 aliphatic heterocycles. The van der Waals surface area contributed by atoms with Crippen LogP contribution in [0.15, 0.2) is 47.7 Å². The fraction of sp³-hybridized carbons (Fsp3) is 0.0952. The van der Waals surface area contributed by atoms with Crippen LogP contribution in [0.4, 0.5) is 0 Å². The van der Waals surface area contributed by atoms with E-state index in [1.54, 1.807) is 0 Å². The van der Waals surface area contributed by atoms with Crippen molar-refractivity contribution in [2.45, 2.75) is 0 Å². The molecule has 0 atom stereocenters. The summed E-state index contributed by atoms with van der Waals surface area (Å²) in [5.41, 5.74) is 16.1. The summed E-state index contributed by atoms with van der Waals surface area (Å²) >= 11 is 12.5. The second-order valence-corrected chi connectivity index (χ2v) is 8.01. The van der Waals surface area contributed by atoms with Crippen LogP contribution in [-0.4, -0.2) is 34.1 Å². The highest BCUT2D eigenvalue weighted by molar-refractivity contribution is 6.33. The Labute approximate surface area is 185 Å². The lowest BCUT2D eigenvalue weighted by Gasteiger charge is -2.15. The van der Waals surface area contributed by atoms with Crippen LogP contribution in [0.2, 0.25) is 10.0 Å². The molecule has 0 fully saturated rings. The van der Waals surface area contributed by atoms with E-state index in [9.17, 15) is 0 Å². The number of halogens is 2. The molecule has 2 aromatic heterocycles. The summed E-state index contributed by atoms with van der Waals surface area (Å²) in [5, 5.41) is 17.0. The number of ether oxygens (including phenoxy) is 1. The highest BCUT2D eigenvalue weighted by Gasteiger charge is 2.18. The molecule has 0 saturated carbocycles. The van der Waals surface area contributed by atoms with Gasteiger partial charge in [0.15, 0.2) is 5.75 Å². The van der Waals surface area contributed by atoms with Gasteiger partial charge in [-0.3, -0.25) is 5.41 Å². The van der Waals surface area contributed by atoms with Crippen LogP contribution >= 0.6 is 23.2 Å². The Morgan fingerprint density at radius 2 is 1.48 bits per heavy atom. The van der Waals surface area contributed by atoms with Gasteiger partial charge < -0.3 is 20.4 Å². The number of nitrogens with two attached hydrogens (primary N) is 1. The zero-order chi connectivity index (χ0) is 21.7. The van der Waals surface area contributed by atoms with Crippen molar-refractivity contribution in [3.8, 4) is 5.75 Å². The molecule has 3 aromatic carbocycles. The van der Waals surface area contributed by atoms with Gasteiger partial charge in [0.05, 0.1) is 17.6 Å². The summed E-state index contributed by atoms with van der Waals surface area (Å²) in [4.78, 5) is 6.85. The van der Waals surface area contributed by atoms with Gasteiger partial charge in [-0.05, 0) is 42.5 Å². The first-order chi connectivity index (χ1) is 15.0. The Balaban J connectivity index is 1.74. The highest BCUT2D eigenvalue weighted by atomic mass is 35.5. The molecule has 5 rings (SSSR count). The van der Waals surface area contributed by atoms with Crippen molar-refractivity contribution in [1.29, 1.82) is 10.9 Å². The Kier molecular flexibility index (Phi) is 4.60. The SMILES string of the molecule is N=NN(CCOc1c2[nH]c3ccc(Cl)cc3c2cc2c1[nH]c1ccc(Cl)cc12)C(=N)N. The average Bonchev–Trinajstić information content (AvgIpc) is 3.28. The number of benzene rings is 3. The van der Waals surface area contributed by atoms with E-state index < -0.39 is 0 Å². The minimum atomic E-state index is -0.317. The third-order valence-electron chi connectivity index (χ3n) is 5.29. The van der Waals surface area contributed by atoms with Crippen LogP contribution in [-0.2, 0) is 0 Å². The number of guanidine groups is 1. The average molecular weight is 454 g/mol. The van der Waals surface area contributed by atoms with E-state index in [2.05, 4.69) is 21.3 Å². The van der Waals surface area contributed by atoms with E-state index in [1.807, 2.05) is 36.4 Å². The molecule has 0 bridgehead atoms. The van der Waals surface area contributed by atoms with E-state index in [4.69, 9.17) is 44.6 Å². The normalized spacial score (nSPS) is 11.5. The van der Waals surface area contributed by atoms with Crippen LogP contribution in [0.25, 0.3) is 43.6 Å². The molecule has 5 aromatic rings. The summed E-state index contributed by atoms with van der Waals surface area (Å²) in [6, 6.07) is 13.5. The van der Waals surface area contributed by atoms with Gasteiger partial charge in [0, 0.05) is 42.6 Å². The number of hydrogen-bond acceptors (Lipinski definition) is 4. The van der Waals surface area contributed by atoms with Crippen molar-refractivity contribution in [3.63, 3.8) is 0 Å². The minimum Gasteiger partial charge on any atom is -0.487 e. The molecule has 0 radical (unpaired) electrons. The van der Waals surface area contributed by atoms with Crippen LogP contribution in [0.1, 0.15) is 0 Å². The second kappa shape index (κ2) is 7.33. The lowest BCUT2D eigenvalue weighted by Crippen LogP contribution is -2.34. The monoisotopic (exact) mass is 453 g/mol. The van der Waals surface area contributed by atoms with E-state index >= 15 is 0 Å². The van der Waals surface area contributed by atoms with Crippen LogP contribution in [0.5, 0.6) is 5.75 Å². The molecule has 8 nitrogen and oxygen atoms in total. The number of aromatic nitrogens is 2. The number of aromatic amines is 2. The number of fused-ring (bicyclic) bond motifs is 6. The third kappa shape index (κ3) is 3.20. The fourth-order valence-electron chi connectivity index (χ4n) is 3.90. The van der Waals surface area contributed by atoms with Crippen molar-refractivity contribution < 1.29 is 4.74 Å². The summed E-state index contributed by atoms with van der Waals surface area (Å²) in [6.07, 6.45) is 0. The smallest absolute Gasteiger partial charge is 0.210 e. The van der Waals surface area contributed by atoms with Crippen molar-refractivity contribution in [2.75, 3.05) is 13.2 Å².